The van der Waals surface area contributed by atoms with Crippen LogP contribution in [0.3, 0.4) is 0 Å². The van der Waals surface area contributed by atoms with Gasteiger partial charge in [-0.2, -0.15) is 16.3 Å². The van der Waals surface area contributed by atoms with E-state index in [0.29, 0.717) is 23.0 Å². The number of benzene rings is 1. The van der Waals surface area contributed by atoms with Crippen LogP contribution in [-0.2, 0) is 10.0 Å². The summed E-state index contributed by atoms with van der Waals surface area (Å²) in [6.45, 7) is 1.98. The zero-order valence-electron chi connectivity index (χ0n) is 11.9. The first-order chi connectivity index (χ1) is 10.4. The number of hydrogen-bond acceptors (Lipinski definition) is 6. The summed E-state index contributed by atoms with van der Waals surface area (Å²) in [5.74, 6) is 0.868. The topological polar surface area (TPSA) is 85.1 Å². The van der Waals surface area contributed by atoms with Crippen LogP contribution in [0.5, 0.6) is 0 Å². The maximum Gasteiger partial charge on any atom is 0.259 e. The molecule has 1 aromatic carbocycles. The van der Waals surface area contributed by atoms with Crippen LogP contribution >= 0.6 is 11.3 Å². The van der Waals surface area contributed by atoms with Crippen molar-refractivity contribution in [3.05, 3.63) is 40.6 Å². The molecule has 0 radical (unpaired) electrons. The van der Waals surface area contributed by atoms with Gasteiger partial charge in [0.05, 0.1) is 11.8 Å². The van der Waals surface area contributed by atoms with Crippen molar-refractivity contribution in [2.24, 2.45) is 0 Å². The quantitative estimate of drug-likeness (QED) is 0.791. The first-order valence-corrected chi connectivity index (χ1v) is 9.21. The standard InChI is InChI=1S/C14H13N3O3S2/c1-9-7-21-8-12(9)14-15-13(16-20-14)10-4-3-5-11(6-10)17-22(2,18)19/h3-8,17H,1-2H3. The molecule has 2 heterocycles. The van der Waals surface area contributed by atoms with E-state index >= 15 is 0 Å². The molecule has 22 heavy (non-hydrogen) atoms. The zero-order valence-corrected chi connectivity index (χ0v) is 13.5. The molecule has 1 N–H and O–H groups in total. The van der Waals surface area contributed by atoms with E-state index in [-0.39, 0.29) is 0 Å². The molecular weight excluding hydrogens is 322 g/mol. The van der Waals surface area contributed by atoms with E-state index in [0.717, 1.165) is 17.4 Å². The Hall–Kier alpha value is -2.19. The minimum absolute atomic E-state index is 0.415. The molecule has 0 unspecified atom stereocenters. The molecular formula is C14H13N3O3S2. The fourth-order valence-electron chi connectivity index (χ4n) is 1.97. The zero-order chi connectivity index (χ0) is 15.7. The number of anilines is 1. The van der Waals surface area contributed by atoms with Gasteiger partial charge < -0.3 is 4.52 Å². The lowest BCUT2D eigenvalue weighted by molar-refractivity contribution is 0.432. The molecule has 0 aliphatic carbocycles. The van der Waals surface area contributed by atoms with Crippen LogP contribution in [0.4, 0.5) is 5.69 Å². The average molecular weight is 335 g/mol. The van der Waals surface area contributed by atoms with Crippen LogP contribution < -0.4 is 4.72 Å². The first kappa shape index (κ1) is 14.7. The third-order valence-electron chi connectivity index (χ3n) is 2.94. The molecule has 6 nitrogen and oxygen atoms in total. The number of rotatable bonds is 4. The second kappa shape index (κ2) is 5.54. The number of nitrogens with zero attached hydrogens (tertiary/aromatic N) is 2. The normalized spacial score (nSPS) is 11.5. The summed E-state index contributed by atoms with van der Waals surface area (Å²) >= 11 is 1.57. The van der Waals surface area contributed by atoms with Crippen molar-refractivity contribution in [2.75, 3.05) is 11.0 Å². The average Bonchev–Trinajstić information content (AvgIpc) is 3.05. The van der Waals surface area contributed by atoms with Gasteiger partial charge in [-0.05, 0) is 30.0 Å². The summed E-state index contributed by atoms with van der Waals surface area (Å²) in [4.78, 5) is 4.37. The number of sulfonamides is 1. The van der Waals surface area contributed by atoms with Crippen molar-refractivity contribution in [1.29, 1.82) is 0 Å². The molecule has 3 aromatic rings. The monoisotopic (exact) mass is 335 g/mol. The van der Waals surface area contributed by atoms with Crippen molar-refractivity contribution >= 4 is 27.0 Å². The van der Waals surface area contributed by atoms with Crippen LogP contribution in [-0.4, -0.2) is 24.8 Å². The molecule has 0 atom stereocenters. The van der Waals surface area contributed by atoms with Gasteiger partial charge in [-0.25, -0.2) is 8.42 Å². The van der Waals surface area contributed by atoms with Gasteiger partial charge in [0.25, 0.3) is 5.89 Å². The van der Waals surface area contributed by atoms with Crippen molar-refractivity contribution in [3.63, 3.8) is 0 Å². The molecule has 0 spiro atoms. The van der Waals surface area contributed by atoms with E-state index < -0.39 is 10.0 Å². The molecule has 0 bridgehead atoms. The maximum atomic E-state index is 11.3. The highest BCUT2D eigenvalue weighted by Gasteiger charge is 2.13. The van der Waals surface area contributed by atoms with Crippen LogP contribution in [0.15, 0.2) is 39.5 Å². The molecule has 2 aromatic heterocycles. The van der Waals surface area contributed by atoms with Crippen LogP contribution in [0, 0.1) is 6.92 Å². The molecule has 0 aliphatic heterocycles. The second-order valence-electron chi connectivity index (χ2n) is 4.85. The van der Waals surface area contributed by atoms with Crippen molar-refractivity contribution in [3.8, 4) is 22.8 Å². The SMILES string of the molecule is Cc1cscc1-c1nc(-c2cccc(NS(C)(=O)=O)c2)no1. The molecule has 0 fully saturated rings. The lowest BCUT2D eigenvalue weighted by Gasteiger charge is -2.04. The molecule has 0 saturated carbocycles. The van der Waals surface area contributed by atoms with Gasteiger partial charge in [0.2, 0.25) is 15.8 Å². The minimum atomic E-state index is -3.32. The first-order valence-electron chi connectivity index (χ1n) is 6.37. The van der Waals surface area contributed by atoms with Crippen molar-refractivity contribution < 1.29 is 12.9 Å². The minimum Gasteiger partial charge on any atom is -0.334 e. The number of hydrogen-bond donors (Lipinski definition) is 1. The Morgan fingerprint density at radius 2 is 2.09 bits per heavy atom. The summed E-state index contributed by atoms with van der Waals surface area (Å²) in [5, 5.41) is 7.92. The summed E-state index contributed by atoms with van der Waals surface area (Å²) < 4.78 is 30.3. The van der Waals surface area contributed by atoms with Gasteiger partial charge in [-0.1, -0.05) is 17.3 Å². The lowest BCUT2D eigenvalue weighted by Crippen LogP contribution is -2.09. The number of thiophene rings is 1. The summed E-state index contributed by atoms with van der Waals surface area (Å²) in [7, 11) is -3.32. The summed E-state index contributed by atoms with van der Waals surface area (Å²) in [6.07, 6.45) is 1.10. The van der Waals surface area contributed by atoms with E-state index in [9.17, 15) is 8.42 Å². The van der Waals surface area contributed by atoms with Gasteiger partial charge in [0.1, 0.15) is 0 Å². The highest BCUT2D eigenvalue weighted by Crippen LogP contribution is 2.28. The molecule has 114 valence electrons. The van der Waals surface area contributed by atoms with Crippen LogP contribution in [0.25, 0.3) is 22.8 Å². The Kier molecular flexibility index (Phi) is 3.71. The Bertz CT molecular complexity index is 913. The van der Waals surface area contributed by atoms with E-state index in [1.807, 2.05) is 17.7 Å². The Morgan fingerprint density at radius 1 is 1.27 bits per heavy atom. The third-order valence-corrected chi connectivity index (χ3v) is 4.40. The van der Waals surface area contributed by atoms with E-state index in [1.165, 1.54) is 0 Å². The summed E-state index contributed by atoms with van der Waals surface area (Å²) in [6, 6.07) is 6.85. The van der Waals surface area contributed by atoms with Gasteiger partial charge in [0.15, 0.2) is 0 Å². The molecule has 8 heteroatoms. The van der Waals surface area contributed by atoms with E-state index in [2.05, 4.69) is 14.9 Å². The smallest absolute Gasteiger partial charge is 0.259 e. The predicted octanol–water partition coefficient (Wildman–Crippen LogP) is 3.15. The van der Waals surface area contributed by atoms with Gasteiger partial charge in [0, 0.05) is 16.6 Å². The highest BCUT2D eigenvalue weighted by atomic mass is 32.2. The molecule has 0 aliphatic rings. The molecule has 3 rings (SSSR count). The second-order valence-corrected chi connectivity index (χ2v) is 7.34. The fourth-order valence-corrected chi connectivity index (χ4v) is 3.34. The summed E-state index contributed by atoms with van der Waals surface area (Å²) in [5.41, 5.74) is 3.12. The van der Waals surface area contributed by atoms with Crippen molar-refractivity contribution in [1.82, 2.24) is 10.1 Å². The third kappa shape index (κ3) is 3.18. The Labute approximate surface area is 131 Å². The number of nitrogens with one attached hydrogen (secondary N) is 1. The molecule has 0 amide bonds. The predicted molar refractivity (Wildman–Crippen MR) is 86.3 cm³/mol. The van der Waals surface area contributed by atoms with Crippen LogP contribution in [0.2, 0.25) is 0 Å². The lowest BCUT2D eigenvalue weighted by atomic mass is 10.2. The fraction of sp³-hybridized carbons (Fsp3) is 0.143. The Morgan fingerprint density at radius 3 is 2.77 bits per heavy atom. The maximum absolute atomic E-state index is 11.3. The van der Waals surface area contributed by atoms with Gasteiger partial charge >= 0.3 is 0 Å². The van der Waals surface area contributed by atoms with Crippen LogP contribution in [0.1, 0.15) is 5.56 Å². The van der Waals surface area contributed by atoms with E-state index in [1.54, 1.807) is 35.6 Å². The van der Waals surface area contributed by atoms with E-state index in [4.69, 9.17) is 4.52 Å². The number of aryl methyl sites for hydroxylation is 1. The van der Waals surface area contributed by atoms with Gasteiger partial charge in [-0.15, -0.1) is 0 Å². The van der Waals surface area contributed by atoms with Crippen molar-refractivity contribution in [2.45, 2.75) is 6.92 Å². The largest absolute Gasteiger partial charge is 0.334 e. The number of aromatic nitrogens is 2. The Balaban J connectivity index is 1.94. The molecule has 0 saturated heterocycles. The highest BCUT2D eigenvalue weighted by molar-refractivity contribution is 7.92. The van der Waals surface area contributed by atoms with Gasteiger partial charge in [-0.3, -0.25) is 4.72 Å².